The first-order valence-electron chi connectivity index (χ1n) is 10.3. The number of hydrogen-bond acceptors (Lipinski definition) is 4. The molecule has 2 amide bonds. The number of rotatable bonds is 7. The van der Waals surface area contributed by atoms with Gasteiger partial charge in [-0.2, -0.15) is 0 Å². The molecule has 0 spiro atoms. The van der Waals surface area contributed by atoms with Crippen LogP contribution in [0.2, 0.25) is 0 Å². The van der Waals surface area contributed by atoms with E-state index in [4.69, 9.17) is 0 Å². The molecule has 0 radical (unpaired) electrons. The molecule has 164 valence electrons. The van der Waals surface area contributed by atoms with Gasteiger partial charge >= 0.3 is 0 Å². The summed E-state index contributed by atoms with van der Waals surface area (Å²) >= 11 is 0. The number of benzene rings is 2. The molecule has 2 aliphatic rings. The standard InChI is InChI=1S/C22H24FN3O4S/c1-14-12-16-13-19(8-9-20(16)26(14)22(28)15-2-3-15)31(29,30)24-11-10-21(27)25-18-6-4-17(23)5-7-18/h4-9,13-15,24H,2-3,10-12H2,1H3,(H,25,27)/t14-/m0/s1. The van der Waals surface area contributed by atoms with E-state index < -0.39 is 15.8 Å². The van der Waals surface area contributed by atoms with Crippen LogP contribution < -0.4 is 14.9 Å². The molecule has 2 N–H and O–H groups in total. The number of nitrogens with zero attached hydrogens (tertiary/aromatic N) is 1. The molecule has 1 atom stereocenters. The second kappa shape index (κ2) is 8.39. The summed E-state index contributed by atoms with van der Waals surface area (Å²) in [6.45, 7) is 1.89. The van der Waals surface area contributed by atoms with Crippen LogP contribution >= 0.6 is 0 Å². The minimum absolute atomic E-state index is 0.00386. The molecule has 2 aromatic carbocycles. The van der Waals surface area contributed by atoms with Crippen molar-refractivity contribution in [2.45, 2.75) is 43.5 Å². The van der Waals surface area contributed by atoms with E-state index in [9.17, 15) is 22.4 Å². The van der Waals surface area contributed by atoms with Gasteiger partial charge in [-0.1, -0.05) is 0 Å². The third-order valence-corrected chi connectivity index (χ3v) is 6.97. The summed E-state index contributed by atoms with van der Waals surface area (Å²) in [5.41, 5.74) is 2.05. The van der Waals surface area contributed by atoms with Crippen molar-refractivity contribution in [2.75, 3.05) is 16.8 Å². The fourth-order valence-electron chi connectivity index (χ4n) is 3.78. The molecule has 9 heteroatoms. The Balaban J connectivity index is 1.37. The predicted molar refractivity (Wildman–Crippen MR) is 115 cm³/mol. The zero-order chi connectivity index (χ0) is 22.2. The largest absolute Gasteiger partial charge is 0.326 e. The highest BCUT2D eigenvalue weighted by molar-refractivity contribution is 7.89. The molecule has 0 aromatic heterocycles. The highest BCUT2D eigenvalue weighted by Crippen LogP contribution is 2.39. The van der Waals surface area contributed by atoms with E-state index in [0.717, 1.165) is 24.1 Å². The number of fused-ring (bicyclic) bond motifs is 1. The number of carbonyl (C=O) groups excluding carboxylic acids is 2. The predicted octanol–water partition coefficient (Wildman–Crippen LogP) is 2.82. The third kappa shape index (κ3) is 4.77. The average molecular weight is 446 g/mol. The number of hydrogen-bond donors (Lipinski definition) is 2. The Bertz CT molecular complexity index is 1110. The van der Waals surface area contributed by atoms with Crippen LogP contribution in [-0.4, -0.2) is 32.8 Å². The molecule has 4 rings (SSSR count). The molecule has 1 aliphatic carbocycles. The zero-order valence-electron chi connectivity index (χ0n) is 17.1. The topological polar surface area (TPSA) is 95.6 Å². The number of halogens is 1. The normalized spacial score (nSPS) is 18.0. The SMILES string of the molecule is C[C@H]1Cc2cc(S(=O)(=O)NCCC(=O)Nc3ccc(F)cc3)ccc2N1C(=O)C1CC1. The third-order valence-electron chi connectivity index (χ3n) is 5.51. The van der Waals surface area contributed by atoms with Gasteiger partial charge in [-0.15, -0.1) is 0 Å². The van der Waals surface area contributed by atoms with E-state index in [0.29, 0.717) is 12.1 Å². The Morgan fingerprint density at radius 2 is 1.84 bits per heavy atom. The van der Waals surface area contributed by atoms with E-state index in [1.807, 2.05) is 6.92 Å². The molecule has 1 aliphatic heterocycles. The number of sulfonamides is 1. The molecule has 31 heavy (non-hydrogen) atoms. The lowest BCUT2D eigenvalue weighted by molar-refractivity contribution is -0.120. The van der Waals surface area contributed by atoms with Crippen LogP contribution in [0.25, 0.3) is 0 Å². The molecule has 1 heterocycles. The van der Waals surface area contributed by atoms with Gasteiger partial charge in [0.2, 0.25) is 21.8 Å². The Morgan fingerprint density at radius 1 is 1.13 bits per heavy atom. The van der Waals surface area contributed by atoms with Gasteiger partial charge in [-0.05, 0) is 74.2 Å². The summed E-state index contributed by atoms with van der Waals surface area (Å²) in [7, 11) is -3.80. The van der Waals surface area contributed by atoms with Crippen molar-refractivity contribution in [3.63, 3.8) is 0 Å². The van der Waals surface area contributed by atoms with Crippen LogP contribution in [0, 0.1) is 11.7 Å². The molecule has 0 unspecified atom stereocenters. The van der Waals surface area contributed by atoms with Crippen LogP contribution in [0.15, 0.2) is 47.4 Å². The lowest BCUT2D eigenvalue weighted by Crippen LogP contribution is -2.36. The first-order chi connectivity index (χ1) is 14.7. The van der Waals surface area contributed by atoms with Gasteiger partial charge in [-0.3, -0.25) is 9.59 Å². The molecule has 0 bridgehead atoms. The van der Waals surface area contributed by atoms with Gasteiger partial charge in [0.25, 0.3) is 0 Å². The summed E-state index contributed by atoms with van der Waals surface area (Å²) in [6, 6.07) is 10.1. The minimum Gasteiger partial charge on any atom is -0.326 e. The molecule has 0 saturated heterocycles. The average Bonchev–Trinajstić information content (AvgIpc) is 3.51. The van der Waals surface area contributed by atoms with Crippen molar-refractivity contribution in [2.24, 2.45) is 5.92 Å². The van der Waals surface area contributed by atoms with Gasteiger partial charge in [0.05, 0.1) is 4.90 Å². The number of anilines is 2. The fraction of sp³-hybridized carbons (Fsp3) is 0.364. The van der Waals surface area contributed by atoms with Gasteiger partial charge in [0.15, 0.2) is 0 Å². The van der Waals surface area contributed by atoms with Crippen molar-refractivity contribution in [3.8, 4) is 0 Å². The lowest BCUT2D eigenvalue weighted by atomic mass is 10.1. The van der Waals surface area contributed by atoms with Crippen LogP contribution in [0.4, 0.5) is 15.8 Å². The minimum atomic E-state index is -3.80. The van der Waals surface area contributed by atoms with Gasteiger partial charge in [0, 0.05) is 36.3 Å². The van der Waals surface area contributed by atoms with Crippen molar-refractivity contribution >= 4 is 33.2 Å². The first-order valence-corrected chi connectivity index (χ1v) is 11.7. The second-order valence-electron chi connectivity index (χ2n) is 8.03. The highest BCUT2D eigenvalue weighted by atomic mass is 32.2. The lowest BCUT2D eigenvalue weighted by Gasteiger charge is -2.22. The molecule has 1 fully saturated rings. The Hall–Kier alpha value is -2.78. The molecular weight excluding hydrogens is 421 g/mol. The smallest absolute Gasteiger partial charge is 0.240 e. The van der Waals surface area contributed by atoms with E-state index in [1.165, 1.54) is 30.3 Å². The summed E-state index contributed by atoms with van der Waals surface area (Å²) < 4.78 is 40.7. The van der Waals surface area contributed by atoms with E-state index >= 15 is 0 Å². The maximum Gasteiger partial charge on any atom is 0.240 e. The zero-order valence-corrected chi connectivity index (χ0v) is 17.9. The molecule has 7 nitrogen and oxygen atoms in total. The van der Waals surface area contributed by atoms with Crippen molar-refractivity contribution in [3.05, 3.63) is 53.8 Å². The Kier molecular flexibility index (Phi) is 5.81. The van der Waals surface area contributed by atoms with Crippen molar-refractivity contribution in [1.29, 1.82) is 0 Å². The van der Waals surface area contributed by atoms with E-state index in [-0.39, 0.29) is 41.6 Å². The highest BCUT2D eigenvalue weighted by Gasteiger charge is 2.39. The van der Waals surface area contributed by atoms with Gasteiger partial charge in [-0.25, -0.2) is 17.5 Å². The Morgan fingerprint density at radius 3 is 2.52 bits per heavy atom. The van der Waals surface area contributed by atoms with Crippen LogP contribution in [-0.2, 0) is 26.0 Å². The quantitative estimate of drug-likeness (QED) is 0.685. The first kappa shape index (κ1) is 21.5. The van der Waals surface area contributed by atoms with Crippen molar-refractivity contribution < 1.29 is 22.4 Å². The van der Waals surface area contributed by atoms with E-state index in [1.54, 1.807) is 17.0 Å². The molecular formula is C22H24FN3O4S. The van der Waals surface area contributed by atoms with Crippen molar-refractivity contribution in [1.82, 2.24) is 4.72 Å². The maximum atomic E-state index is 12.9. The number of carbonyl (C=O) groups is 2. The van der Waals surface area contributed by atoms with Crippen LogP contribution in [0.1, 0.15) is 31.7 Å². The fourth-order valence-corrected chi connectivity index (χ4v) is 4.86. The van der Waals surface area contributed by atoms with Gasteiger partial charge in [0.1, 0.15) is 5.82 Å². The van der Waals surface area contributed by atoms with E-state index in [2.05, 4.69) is 10.0 Å². The number of amides is 2. The Labute approximate surface area is 180 Å². The molecule has 2 aromatic rings. The van der Waals surface area contributed by atoms with Crippen LogP contribution in [0.5, 0.6) is 0 Å². The molecule has 1 saturated carbocycles. The summed E-state index contributed by atoms with van der Waals surface area (Å²) in [4.78, 5) is 26.4. The summed E-state index contributed by atoms with van der Waals surface area (Å²) in [5.74, 6) is -0.576. The monoisotopic (exact) mass is 445 g/mol. The van der Waals surface area contributed by atoms with Gasteiger partial charge < -0.3 is 10.2 Å². The maximum absolute atomic E-state index is 12.9. The van der Waals surface area contributed by atoms with Crippen LogP contribution in [0.3, 0.4) is 0 Å². The second-order valence-corrected chi connectivity index (χ2v) is 9.80. The number of nitrogens with one attached hydrogen (secondary N) is 2. The summed E-state index contributed by atoms with van der Waals surface area (Å²) in [5, 5.41) is 2.59. The summed E-state index contributed by atoms with van der Waals surface area (Å²) in [6.07, 6.45) is 2.38.